The second-order valence-electron chi connectivity index (χ2n) is 6.67. The zero-order chi connectivity index (χ0) is 19.4. The highest BCUT2D eigenvalue weighted by Gasteiger charge is 2.38. The van der Waals surface area contributed by atoms with Gasteiger partial charge in [0.2, 0.25) is 0 Å². The van der Waals surface area contributed by atoms with Crippen LogP contribution in [0.1, 0.15) is 30.9 Å². The van der Waals surface area contributed by atoms with Crippen molar-refractivity contribution in [2.24, 2.45) is 5.92 Å². The lowest BCUT2D eigenvalue weighted by Crippen LogP contribution is -2.33. The fraction of sp³-hybridized carbons (Fsp3) is 0.474. The number of hydrogen-bond acceptors (Lipinski definition) is 4. The Morgan fingerprint density at radius 2 is 2.00 bits per heavy atom. The number of carbonyl (C=O) groups is 2. The molecule has 0 bridgehead atoms. The lowest BCUT2D eigenvalue weighted by atomic mass is 9.93. The SMILES string of the molecule is O=C(/C=C/C1CCOC(CC(F)(F)F)C1)N1C(=O)OCC1c1ccccc1. The molecule has 2 saturated heterocycles. The second kappa shape index (κ2) is 8.12. The van der Waals surface area contributed by atoms with Crippen LogP contribution >= 0.6 is 0 Å². The fourth-order valence-electron chi connectivity index (χ4n) is 3.37. The molecule has 0 aromatic heterocycles. The molecule has 1 aromatic carbocycles. The van der Waals surface area contributed by atoms with Crippen LogP contribution in [0.25, 0.3) is 0 Å². The van der Waals surface area contributed by atoms with E-state index in [1.165, 1.54) is 6.08 Å². The molecule has 5 nitrogen and oxygen atoms in total. The molecule has 0 spiro atoms. The van der Waals surface area contributed by atoms with Gasteiger partial charge in [0.15, 0.2) is 0 Å². The van der Waals surface area contributed by atoms with Gasteiger partial charge in [0.05, 0.1) is 12.5 Å². The standard InChI is InChI=1S/C19H20F3NO4/c20-19(21,22)11-15-10-13(8-9-26-15)6-7-17(24)23-16(12-27-18(23)25)14-4-2-1-3-5-14/h1-7,13,15-16H,8-12H2/b7-6+. The summed E-state index contributed by atoms with van der Waals surface area (Å²) in [6, 6.07) is 8.53. The van der Waals surface area contributed by atoms with Gasteiger partial charge in [0.1, 0.15) is 12.6 Å². The van der Waals surface area contributed by atoms with Gasteiger partial charge < -0.3 is 9.47 Å². The first-order valence-corrected chi connectivity index (χ1v) is 8.75. The molecule has 2 heterocycles. The Bertz CT molecular complexity index is 705. The summed E-state index contributed by atoms with van der Waals surface area (Å²) in [5.74, 6) is -0.742. The third kappa shape index (κ3) is 5.09. The van der Waals surface area contributed by atoms with E-state index in [-0.39, 0.29) is 25.6 Å². The van der Waals surface area contributed by atoms with Gasteiger partial charge in [-0.05, 0) is 30.4 Å². The normalized spacial score (nSPS) is 26.4. The molecule has 0 N–H and O–H groups in total. The van der Waals surface area contributed by atoms with Gasteiger partial charge in [0, 0.05) is 6.61 Å². The van der Waals surface area contributed by atoms with Gasteiger partial charge in [0.25, 0.3) is 5.91 Å². The molecular formula is C19H20F3NO4. The summed E-state index contributed by atoms with van der Waals surface area (Å²) in [5.41, 5.74) is 0.779. The first-order valence-electron chi connectivity index (χ1n) is 8.75. The first kappa shape index (κ1) is 19.4. The number of ether oxygens (including phenoxy) is 2. The molecule has 2 amide bonds. The van der Waals surface area contributed by atoms with E-state index in [0.29, 0.717) is 6.42 Å². The molecule has 0 aliphatic carbocycles. The molecule has 1 aromatic rings. The topological polar surface area (TPSA) is 55.8 Å². The van der Waals surface area contributed by atoms with E-state index in [4.69, 9.17) is 9.47 Å². The number of imide groups is 1. The van der Waals surface area contributed by atoms with Crippen LogP contribution in [0, 0.1) is 5.92 Å². The van der Waals surface area contributed by atoms with E-state index < -0.39 is 36.7 Å². The minimum Gasteiger partial charge on any atom is -0.446 e. The van der Waals surface area contributed by atoms with Gasteiger partial charge in [-0.3, -0.25) is 4.79 Å². The number of rotatable bonds is 4. The highest BCUT2D eigenvalue weighted by molar-refractivity contribution is 5.99. The number of nitrogens with zero attached hydrogens (tertiary/aromatic N) is 1. The van der Waals surface area contributed by atoms with Crippen LogP contribution in [0.15, 0.2) is 42.5 Å². The molecule has 27 heavy (non-hydrogen) atoms. The monoisotopic (exact) mass is 383 g/mol. The van der Waals surface area contributed by atoms with Crippen molar-refractivity contribution < 1.29 is 32.2 Å². The molecule has 3 unspecified atom stereocenters. The van der Waals surface area contributed by atoms with Crippen LogP contribution in [0.3, 0.4) is 0 Å². The van der Waals surface area contributed by atoms with Crippen LogP contribution < -0.4 is 0 Å². The summed E-state index contributed by atoms with van der Waals surface area (Å²) in [7, 11) is 0. The van der Waals surface area contributed by atoms with Crippen molar-refractivity contribution in [1.82, 2.24) is 4.90 Å². The molecule has 2 aliphatic rings. The Morgan fingerprint density at radius 3 is 2.70 bits per heavy atom. The summed E-state index contributed by atoms with van der Waals surface area (Å²) in [5, 5.41) is 0. The van der Waals surface area contributed by atoms with Crippen molar-refractivity contribution in [3.8, 4) is 0 Å². The predicted octanol–water partition coefficient (Wildman–Crippen LogP) is 4.01. The molecule has 2 fully saturated rings. The number of carbonyl (C=O) groups excluding carboxylic acids is 2. The summed E-state index contributed by atoms with van der Waals surface area (Å²) in [6.45, 7) is 0.287. The Labute approximate surface area is 154 Å². The molecule has 2 aliphatic heterocycles. The highest BCUT2D eigenvalue weighted by atomic mass is 19.4. The molecule has 0 radical (unpaired) electrons. The highest BCUT2D eigenvalue weighted by Crippen LogP contribution is 2.31. The van der Waals surface area contributed by atoms with Crippen molar-refractivity contribution in [3.63, 3.8) is 0 Å². The van der Waals surface area contributed by atoms with Crippen molar-refractivity contribution in [3.05, 3.63) is 48.0 Å². The minimum absolute atomic E-state index is 0.0767. The summed E-state index contributed by atoms with van der Waals surface area (Å²) >= 11 is 0. The number of allylic oxidation sites excluding steroid dienone is 1. The molecule has 3 rings (SSSR count). The third-order valence-corrected chi connectivity index (χ3v) is 4.67. The quantitative estimate of drug-likeness (QED) is 0.738. The van der Waals surface area contributed by atoms with Crippen LogP contribution in [0.5, 0.6) is 0 Å². The van der Waals surface area contributed by atoms with Crippen molar-refractivity contribution in [1.29, 1.82) is 0 Å². The Kier molecular flexibility index (Phi) is 5.84. The van der Waals surface area contributed by atoms with E-state index in [9.17, 15) is 22.8 Å². The van der Waals surface area contributed by atoms with Crippen LogP contribution in [0.4, 0.5) is 18.0 Å². The van der Waals surface area contributed by atoms with E-state index in [1.54, 1.807) is 30.3 Å². The lowest BCUT2D eigenvalue weighted by molar-refractivity contribution is -0.167. The fourth-order valence-corrected chi connectivity index (χ4v) is 3.37. The van der Waals surface area contributed by atoms with Crippen LogP contribution in [-0.4, -0.2) is 42.4 Å². The number of alkyl halides is 3. The molecular weight excluding hydrogens is 363 g/mol. The zero-order valence-corrected chi connectivity index (χ0v) is 14.5. The first-order chi connectivity index (χ1) is 12.8. The van der Waals surface area contributed by atoms with Gasteiger partial charge in [-0.2, -0.15) is 13.2 Å². The number of amides is 2. The summed E-state index contributed by atoms with van der Waals surface area (Å²) < 4.78 is 47.7. The molecule has 146 valence electrons. The number of halogens is 3. The third-order valence-electron chi connectivity index (χ3n) is 4.67. The second-order valence-corrected chi connectivity index (χ2v) is 6.67. The molecule has 3 atom stereocenters. The predicted molar refractivity (Wildman–Crippen MR) is 89.7 cm³/mol. The van der Waals surface area contributed by atoms with E-state index in [1.807, 2.05) is 6.07 Å². The van der Waals surface area contributed by atoms with E-state index in [2.05, 4.69) is 0 Å². The van der Waals surface area contributed by atoms with Crippen molar-refractivity contribution in [2.45, 2.75) is 37.6 Å². The average Bonchev–Trinajstić information content (AvgIpc) is 3.01. The van der Waals surface area contributed by atoms with Crippen LogP contribution in [-0.2, 0) is 14.3 Å². The van der Waals surface area contributed by atoms with E-state index >= 15 is 0 Å². The largest absolute Gasteiger partial charge is 0.446 e. The van der Waals surface area contributed by atoms with Gasteiger partial charge in [-0.15, -0.1) is 0 Å². The van der Waals surface area contributed by atoms with E-state index in [0.717, 1.165) is 10.5 Å². The van der Waals surface area contributed by atoms with Crippen LogP contribution in [0.2, 0.25) is 0 Å². The smallest absolute Gasteiger partial charge is 0.417 e. The Hall–Kier alpha value is -2.35. The lowest BCUT2D eigenvalue weighted by Gasteiger charge is -2.28. The zero-order valence-electron chi connectivity index (χ0n) is 14.5. The summed E-state index contributed by atoms with van der Waals surface area (Å²) in [4.78, 5) is 25.5. The van der Waals surface area contributed by atoms with Crippen molar-refractivity contribution in [2.75, 3.05) is 13.2 Å². The maximum atomic E-state index is 12.5. The van der Waals surface area contributed by atoms with Gasteiger partial charge >= 0.3 is 12.3 Å². The Balaban J connectivity index is 1.64. The minimum atomic E-state index is -4.28. The molecule has 0 saturated carbocycles. The number of hydrogen-bond donors (Lipinski definition) is 0. The number of cyclic esters (lactones) is 1. The maximum absolute atomic E-state index is 12.5. The maximum Gasteiger partial charge on any atom is 0.417 e. The van der Waals surface area contributed by atoms with Gasteiger partial charge in [-0.1, -0.05) is 36.4 Å². The van der Waals surface area contributed by atoms with Crippen molar-refractivity contribution >= 4 is 12.0 Å². The number of benzene rings is 1. The average molecular weight is 383 g/mol. The van der Waals surface area contributed by atoms with Gasteiger partial charge in [-0.25, -0.2) is 9.69 Å². The molecule has 8 heteroatoms. The summed E-state index contributed by atoms with van der Waals surface area (Å²) in [6.07, 6.45) is -3.36. The Morgan fingerprint density at radius 1 is 1.26 bits per heavy atom.